The van der Waals surface area contributed by atoms with E-state index in [-0.39, 0.29) is 17.5 Å². The second-order valence-corrected chi connectivity index (χ2v) is 9.11. The lowest BCUT2D eigenvalue weighted by Crippen LogP contribution is -2.49. The summed E-state index contributed by atoms with van der Waals surface area (Å²) in [5, 5.41) is 0. The van der Waals surface area contributed by atoms with Gasteiger partial charge in [-0.2, -0.15) is 0 Å². The predicted octanol–water partition coefficient (Wildman–Crippen LogP) is 4.60. The Morgan fingerprint density at radius 2 is 1.59 bits per heavy atom. The van der Waals surface area contributed by atoms with Gasteiger partial charge in [0.15, 0.2) is 11.6 Å². The zero-order valence-corrected chi connectivity index (χ0v) is 17.9. The molecule has 1 saturated heterocycles. The fourth-order valence-corrected chi connectivity index (χ4v) is 4.63. The Bertz CT molecular complexity index is 1220. The highest BCUT2D eigenvalue weighted by atomic mass is 32.2. The minimum Gasteiger partial charge on any atom is -0.320 e. The molecular formula is C23H21F2N3O3S. The summed E-state index contributed by atoms with van der Waals surface area (Å²) >= 11 is 0. The van der Waals surface area contributed by atoms with Crippen LogP contribution in [0.3, 0.4) is 0 Å². The van der Waals surface area contributed by atoms with Crippen molar-refractivity contribution >= 4 is 27.4 Å². The number of nitrogens with zero attached hydrogens (tertiary/aromatic N) is 2. The summed E-state index contributed by atoms with van der Waals surface area (Å²) in [6.45, 7) is 1.17. The van der Waals surface area contributed by atoms with Gasteiger partial charge in [0.25, 0.3) is 10.0 Å². The normalized spacial score (nSPS) is 14.5. The molecule has 3 aromatic carbocycles. The Kier molecular flexibility index (Phi) is 6.09. The van der Waals surface area contributed by atoms with Gasteiger partial charge in [-0.25, -0.2) is 22.0 Å². The van der Waals surface area contributed by atoms with Crippen LogP contribution in [0, 0.1) is 11.6 Å². The molecule has 0 bridgehead atoms. The second kappa shape index (κ2) is 8.96. The number of hydrogen-bond donors (Lipinski definition) is 1. The summed E-state index contributed by atoms with van der Waals surface area (Å²) in [6, 6.07) is 17.9. The van der Waals surface area contributed by atoms with E-state index in [1.165, 1.54) is 18.2 Å². The van der Waals surface area contributed by atoms with Gasteiger partial charge in [-0.15, -0.1) is 0 Å². The zero-order chi connectivity index (χ0) is 22.7. The van der Waals surface area contributed by atoms with Crippen molar-refractivity contribution in [2.45, 2.75) is 17.9 Å². The zero-order valence-electron chi connectivity index (χ0n) is 17.0. The van der Waals surface area contributed by atoms with E-state index in [1.54, 1.807) is 52.3 Å². The molecule has 1 aliphatic heterocycles. The summed E-state index contributed by atoms with van der Waals surface area (Å²) < 4.78 is 54.1. The maximum atomic E-state index is 13.5. The first-order valence-corrected chi connectivity index (χ1v) is 11.5. The van der Waals surface area contributed by atoms with E-state index >= 15 is 0 Å². The highest BCUT2D eigenvalue weighted by molar-refractivity contribution is 7.92. The summed E-state index contributed by atoms with van der Waals surface area (Å²) in [5.74, 6) is -1.87. The number of nitrogens with one attached hydrogen (secondary N) is 1. The van der Waals surface area contributed by atoms with Gasteiger partial charge in [-0.05, 0) is 60.5 Å². The van der Waals surface area contributed by atoms with Gasteiger partial charge in [0.1, 0.15) is 0 Å². The molecule has 166 valence electrons. The molecule has 0 aromatic heterocycles. The number of halogens is 2. The molecule has 1 N–H and O–H groups in total. The Morgan fingerprint density at radius 3 is 2.28 bits per heavy atom. The standard InChI is InChI=1S/C23H21F2N3O3S/c24-21-12-7-17(15-22(21)25)16-27-13-4-14-28(23(27)29)19-10-8-18(9-11-19)26-32(30,31)20-5-2-1-3-6-20/h1-3,5-12,15,26H,4,13-14,16H2. The highest BCUT2D eigenvalue weighted by Crippen LogP contribution is 2.25. The van der Waals surface area contributed by atoms with E-state index in [4.69, 9.17) is 0 Å². The van der Waals surface area contributed by atoms with Crippen molar-refractivity contribution in [3.05, 3.63) is 90.0 Å². The first-order valence-electron chi connectivity index (χ1n) is 10.0. The third-order valence-electron chi connectivity index (χ3n) is 5.15. The number of anilines is 2. The van der Waals surface area contributed by atoms with Crippen LogP contribution in [0.1, 0.15) is 12.0 Å². The lowest BCUT2D eigenvalue weighted by Gasteiger charge is -2.35. The first-order chi connectivity index (χ1) is 15.3. The van der Waals surface area contributed by atoms with Crippen LogP contribution in [0.15, 0.2) is 77.7 Å². The van der Waals surface area contributed by atoms with Gasteiger partial charge in [0.2, 0.25) is 0 Å². The highest BCUT2D eigenvalue weighted by Gasteiger charge is 2.27. The van der Waals surface area contributed by atoms with Gasteiger partial charge in [0.05, 0.1) is 4.90 Å². The van der Waals surface area contributed by atoms with Gasteiger partial charge in [0, 0.05) is 31.0 Å². The Labute approximate surface area is 185 Å². The molecule has 0 unspecified atom stereocenters. The van der Waals surface area contributed by atoms with Crippen LogP contribution in [0.2, 0.25) is 0 Å². The van der Waals surface area contributed by atoms with Gasteiger partial charge in [-0.3, -0.25) is 9.62 Å². The molecule has 2 amide bonds. The van der Waals surface area contributed by atoms with Crippen LogP contribution in [0.4, 0.5) is 25.0 Å². The molecule has 3 aromatic rings. The van der Waals surface area contributed by atoms with Crippen molar-refractivity contribution in [1.82, 2.24) is 4.90 Å². The van der Waals surface area contributed by atoms with E-state index < -0.39 is 21.7 Å². The fourth-order valence-electron chi connectivity index (χ4n) is 3.55. The summed E-state index contributed by atoms with van der Waals surface area (Å²) in [6.07, 6.45) is 0.706. The number of carbonyl (C=O) groups excluding carboxylic acids is 1. The Balaban J connectivity index is 1.46. The average molecular weight is 458 g/mol. The number of carbonyl (C=O) groups is 1. The third kappa shape index (κ3) is 4.72. The van der Waals surface area contributed by atoms with E-state index in [0.717, 1.165) is 12.1 Å². The van der Waals surface area contributed by atoms with Crippen molar-refractivity contribution in [3.63, 3.8) is 0 Å². The van der Waals surface area contributed by atoms with Crippen molar-refractivity contribution in [1.29, 1.82) is 0 Å². The fraction of sp³-hybridized carbons (Fsp3) is 0.174. The quantitative estimate of drug-likeness (QED) is 0.588. The van der Waals surface area contributed by atoms with Gasteiger partial charge in [-0.1, -0.05) is 24.3 Å². The number of sulfonamides is 1. The molecule has 0 atom stereocenters. The second-order valence-electron chi connectivity index (χ2n) is 7.42. The van der Waals surface area contributed by atoms with Crippen LogP contribution < -0.4 is 9.62 Å². The van der Waals surface area contributed by atoms with E-state index in [0.29, 0.717) is 36.4 Å². The number of hydrogen-bond acceptors (Lipinski definition) is 3. The Morgan fingerprint density at radius 1 is 0.875 bits per heavy atom. The SMILES string of the molecule is O=C1N(Cc2ccc(F)c(F)c2)CCCN1c1ccc(NS(=O)(=O)c2ccccc2)cc1. The monoisotopic (exact) mass is 457 g/mol. The molecule has 0 saturated carbocycles. The summed E-state index contributed by atoms with van der Waals surface area (Å²) in [5.41, 5.74) is 1.50. The topological polar surface area (TPSA) is 69.7 Å². The summed E-state index contributed by atoms with van der Waals surface area (Å²) in [7, 11) is -3.71. The lowest BCUT2D eigenvalue weighted by molar-refractivity contribution is 0.192. The molecule has 0 radical (unpaired) electrons. The number of benzene rings is 3. The molecule has 4 rings (SSSR count). The largest absolute Gasteiger partial charge is 0.324 e. The number of amides is 2. The molecule has 0 spiro atoms. The molecule has 32 heavy (non-hydrogen) atoms. The minimum absolute atomic E-state index is 0.156. The van der Waals surface area contributed by atoms with E-state index in [2.05, 4.69) is 4.72 Å². The molecule has 1 fully saturated rings. The molecule has 9 heteroatoms. The third-order valence-corrected chi connectivity index (χ3v) is 6.55. The summed E-state index contributed by atoms with van der Waals surface area (Å²) in [4.78, 5) is 16.3. The molecule has 0 aliphatic carbocycles. The maximum absolute atomic E-state index is 13.5. The van der Waals surface area contributed by atoms with E-state index in [1.807, 2.05) is 0 Å². The van der Waals surface area contributed by atoms with Gasteiger partial charge < -0.3 is 4.90 Å². The van der Waals surface area contributed by atoms with Crippen LogP contribution >= 0.6 is 0 Å². The smallest absolute Gasteiger partial charge is 0.320 e. The predicted molar refractivity (Wildman–Crippen MR) is 118 cm³/mol. The molecule has 6 nitrogen and oxygen atoms in total. The number of urea groups is 1. The molecule has 1 aliphatic rings. The van der Waals surface area contributed by atoms with Crippen LogP contribution in [-0.2, 0) is 16.6 Å². The lowest BCUT2D eigenvalue weighted by atomic mass is 10.1. The van der Waals surface area contributed by atoms with Crippen LogP contribution in [-0.4, -0.2) is 32.4 Å². The van der Waals surface area contributed by atoms with Crippen LogP contribution in [0.5, 0.6) is 0 Å². The van der Waals surface area contributed by atoms with Crippen molar-refractivity contribution in [3.8, 4) is 0 Å². The minimum atomic E-state index is -3.71. The van der Waals surface area contributed by atoms with Crippen molar-refractivity contribution < 1.29 is 22.0 Å². The average Bonchev–Trinajstić information content (AvgIpc) is 2.79. The Hall–Kier alpha value is -3.46. The van der Waals surface area contributed by atoms with Crippen molar-refractivity contribution in [2.24, 2.45) is 0 Å². The molecular weight excluding hydrogens is 436 g/mol. The van der Waals surface area contributed by atoms with E-state index in [9.17, 15) is 22.0 Å². The van der Waals surface area contributed by atoms with Gasteiger partial charge >= 0.3 is 6.03 Å². The molecule has 1 heterocycles. The van der Waals surface area contributed by atoms with Crippen LogP contribution in [0.25, 0.3) is 0 Å². The first kappa shape index (κ1) is 21.8. The maximum Gasteiger partial charge on any atom is 0.324 e. The number of rotatable bonds is 6. The van der Waals surface area contributed by atoms with Crippen molar-refractivity contribution in [2.75, 3.05) is 22.7 Å².